The molecule has 0 rings (SSSR count). The monoisotopic (exact) mass is 1340 g/mol. The summed E-state index contributed by atoms with van der Waals surface area (Å²) in [6, 6.07) is -12.7. The third-order valence-corrected chi connectivity index (χ3v) is 16.6. The number of likely N-dealkylation sites (N-methyl/N-ethyl adjacent to an activating group) is 7. The Morgan fingerprint density at radius 3 is 1.44 bits per heavy atom. The lowest BCUT2D eigenvalue weighted by atomic mass is 9.91. The average molecular weight is 1340 g/mol. The normalized spacial score (nSPS) is 15.7. The summed E-state index contributed by atoms with van der Waals surface area (Å²) in [4.78, 5) is 175. The van der Waals surface area contributed by atoms with Crippen LogP contribution in [0, 0.1) is 41.4 Å². The van der Waals surface area contributed by atoms with Gasteiger partial charge in [0.1, 0.15) is 67.0 Å². The highest BCUT2D eigenvalue weighted by Gasteiger charge is 2.50. The average Bonchev–Trinajstić information content (AvgIpc) is 0.801. The lowest BCUT2D eigenvalue weighted by Crippen LogP contribution is -2.64. The molecule has 0 radical (unpaired) electrons. The smallest absolute Gasteiger partial charge is 0.468 e. The molecule has 540 valence electrons. The maximum atomic E-state index is 15.3. The fraction of sp³-hybridized carbons (Fsp3) is 0.788. The summed E-state index contributed by atoms with van der Waals surface area (Å²) in [5.41, 5.74) is 0. The zero-order valence-corrected chi connectivity index (χ0v) is 60.7. The van der Waals surface area contributed by atoms with Gasteiger partial charge in [-0.1, -0.05) is 109 Å². The molecule has 0 saturated carbocycles. The van der Waals surface area contributed by atoms with E-state index >= 15 is 14.4 Å². The Balaban J connectivity index is 7.41. The molecular weight excluding hydrogens is 1230 g/mol. The van der Waals surface area contributed by atoms with Crippen LogP contribution in [-0.4, -0.2) is 236 Å². The van der Waals surface area contributed by atoms with Gasteiger partial charge in [0.25, 0.3) is 0 Å². The van der Waals surface area contributed by atoms with E-state index in [-0.39, 0.29) is 67.6 Å². The summed E-state index contributed by atoms with van der Waals surface area (Å²) in [6.07, 6.45) is -3.44. The van der Waals surface area contributed by atoms with Gasteiger partial charge < -0.3 is 65.5 Å². The molecule has 12 atom stereocenters. The maximum Gasteiger partial charge on any atom is 0.490 e. The van der Waals surface area contributed by atoms with Crippen LogP contribution in [0.5, 0.6) is 0 Å². The molecule has 5 N–H and O–H groups in total. The number of halogens is 3. The molecule has 0 aliphatic carbocycles. The second-order valence-corrected chi connectivity index (χ2v) is 27.2. The van der Waals surface area contributed by atoms with E-state index in [0.29, 0.717) is 12.8 Å². The second kappa shape index (κ2) is 40.5. The van der Waals surface area contributed by atoms with Crippen molar-refractivity contribution in [3.8, 4) is 0 Å². The number of nitrogens with zero attached hydrogens (tertiary/aromatic N) is 6. The summed E-state index contributed by atoms with van der Waals surface area (Å²) < 4.78 is 52.1. The van der Waals surface area contributed by atoms with Crippen LogP contribution in [0.15, 0.2) is 12.2 Å². The van der Waals surface area contributed by atoms with E-state index in [4.69, 9.17) is 4.74 Å². The predicted molar refractivity (Wildman–Crippen MR) is 351 cm³/mol. The van der Waals surface area contributed by atoms with Gasteiger partial charge in [0.15, 0.2) is 0 Å². The molecule has 0 unspecified atom stereocenters. The van der Waals surface area contributed by atoms with E-state index in [1.807, 2.05) is 55.4 Å². The number of hydrogen-bond donors (Lipinski definition) is 5. The molecule has 0 bridgehead atoms. The van der Waals surface area contributed by atoms with Crippen molar-refractivity contribution in [3.63, 3.8) is 0 Å². The minimum absolute atomic E-state index is 0.0312. The lowest BCUT2D eigenvalue weighted by molar-refractivity contribution is -0.210. The van der Waals surface area contributed by atoms with Crippen molar-refractivity contribution >= 4 is 71.0 Å². The Morgan fingerprint density at radius 1 is 0.489 bits per heavy atom. The first kappa shape index (κ1) is 87.1. The van der Waals surface area contributed by atoms with Gasteiger partial charge in [-0.3, -0.25) is 52.7 Å². The predicted octanol–water partition coefficient (Wildman–Crippen LogP) is 4.69. The number of nitrogens with one attached hydrogen (secondary N) is 5. The topological polar surface area (TPSA) is 303 Å². The third-order valence-electron chi connectivity index (χ3n) is 16.6. The second-order valence-electron chi connectivity index (χ2n) is 27.2. The number of carbonyl (C=O) groups is 12. The zero-order valence-electron chi connectivity index (χ0n) is 60.7. The van der Waals surface area contributed by atoms with Gasteiger partial charge in [-0.15, -0.1) is 0 Å². The van der Waals surface area contributed by atoms with Gasteiger partial charge in [-0.05, 0) is 114 Å². The highest BCUT2D eigenvalue weighted by atomic mass is 19.4. The van der Waals surface area contributed by atoms with Crippen molar-refractivity contribution in [2.24, 2.45) is 41.4 Å². The fourth-order valence-corrected chi connectivity index (χ4v) is 10.8. The highest BCUT2D eigenvalue weighted by Crippen LogP contribution is 2.29. The maximum absolute atomic E-state index is 15.3. The molecule has 25 nitrogen and oxygen atoms in total. The van der Waals surface area contributed by atoms with Crippen LogP contribution in [-0.2, 0) is 67.0 Å². The number of methoxy groups -OCH3 is 1. The quantitative estimate of drug-likeness (QED) is 0.0412. The lowest BCUT2D eigenvalue weighted by Gasteiger charge is -2.42. The van der Waals surface area contributed by atoms with Gasteiger partial charge in [0.2, 0.25) is 59.1 Å². The summed E-state index contributed by atoms with van der Waals surface area (Å²) in [5, 5.41) is 13.7. The van der Waals surface area contributed by atoms with Crippen molar-refractivity contribution in [3.05, 3.63) is 12.2 Å². The van der Waals surface area contributed by atoms with Gasteiger partial charge >= 0.3 is 18.1 Å². The van der Waals surface area contributed by atoms with Crippen molar-refractivity contribution in [1.29, 1.82) is 0 Å². The Hall–Kier alpha value is -6.87. The number of rotatable bonds is 39. The summed E-state index contributed by atoms with van der Waals surface area (Å²) in [5.74, 6) is -13.4. The Bertz CT molecular complexity index is 2570. The molecule has 0 fully saturated rings. The van der Waals surface area contributed by atoms with Crippen molar-refractivity contribution < 1.29 is 80.2 Å². The molecule has 0 aliphatic heterocycles. The van der Waals surface area contributed by atoms with Crippen molar-refractivity contribution in [1.82, 2.24) is 56.0 Å². The molecule has 28 heteroatoms. The third kappa shape index (κ3) is 26.7. The number of ether oxygens (including phenoxy) is 2. The Morgan fingerprint density at radius 2 is 0.979 bits per heavy atom. The zero-order chi connectivity index (χ0) is 73.3. The first-order valence-electron chi connectivity index (χ1n) is 32.7. The SMILES string of the molecule is C/C=C/C[C@@H](C)[C@@H](OC(=O)C(F)(F)F)[C@@H](C(=O)N[C@@H](CC)C(=O)N(C)CC(=O)OC)N(C)C(=O)[C@H](C(C)C)N(C)C(=O)[C@H](CCC(C)C)N(C)C(=O)[C@H](CC(C)C)N(C)C(=O)[C@H](C)NC(=O)[C@@H](C)NC(=O)[C@H](CC(C)C)N(C)C(=O)[C@@H](NC(=O)[C@H](CC(C)C)NC)C(C)C. The molecule has 0 aromatic rings. The van der Waals surface area contributed by atoms with Crippen molar-refractivity contribution in [2.75, 3.05) is 63.0 Å². The first-order valence-corrected chi connectivity index (χ1v) is 32.7. The van der Waals surface area contributed by atoms with E-state index in [0.717, 1.165) is 28.9 Å². The number of alkyl halides is 3. The van der Waals surface area contributed by atoms with Crippen LogP contribution in [0.4, 0.5) is 13.2 Å². The molecular formula is C66H116F3N11O14. The molecule has 10 amide bonds. The van der Waals surface area contributed by atoms with Gasteiger partial charge in [-0.2, -0.15) is 13.2 Å². The van der Waals surface area contributed by atoms with Crippen LogP contribution < -0.4 is 26.6 Å². The summed E-state index contributed by atoms with van der Waals surface area (Å²) >= 11 is 0. The van der Waals surface area contributed by atoms with Crippen LogP contribution in [0.2, 0.25) is 0 Å². The van der Waals surface area contributed by atoms with Crippen LogP contribution in [0.25, 0.3) is 0 Å². The molecule has 0 aromatic heterocycles. The van der Waals surface area contributed by atoms with Crippen molar-refractivity contribution in [2.45, 2.75) is 235 Å². The number of esters is 2. The molecule has 0 spiro atoms. The first-order chi connectivity index (χ1) is 43.3. The number of amides is 10. The van der Waals surface area contributed by atoms with E-state index in [1.54, 1.807) is 53.8 Å². The molecule has 0 aliphatic rings. The number of hydrogen-bond acceptors (Lipinski definition) is 15. The van der Waals surface area contributed by atoms with E-state index in [2.05, 4.69) is 31.3 Å². The largest absolute Gasteiger partial charge is 0.490 e. The van der Waals surface area contributed by atoms with Crippen LogP contribution in [0.1, 0.15) is 163 Å². The van der Waals surface area contributed by atoms with Gasteiger partial charge in [0, 0.05) is 42.3 Å². The minimum Gasteiger partial charge on any atom is -0.468 e. The number of carbonyl (C=O) groups excluding carboxylic acids is 12. The van der Waals surface area contributed by atoms with Gasteiger partial charge in [-0.25, -0.2) is 4.79 Å². The standard InChI is InChI=1S/C66H116F3N11O14/c1-26-28-29-42(15)54(94-65(92)66(67,68)69)53(58(85)73-45(27-2)60(87)75(19)35-50(81)93-25)80(24)64(91)52(41(13)14)79(23)61(88)47(31-30-36(3)4)76(20)62(89)49(34-39(9)10)78(22)59(86)44(17)72-55(82)43(16)71-57(84)48(33-38(7)8)77(21)63(90)51(40(11)12)74-56(83)46(70-18)32-37(5)6/h26,28,36-49,51-54,70H,27,29-35H2,1-25H3,(H,71,84)(H,72,82)(H,73,85)(H,74,83)/b28-26+/t42-,43-,44+,45+,46+,47+,48+,49+,51+,52+,53+,54-/m1/s1. The molecule has 0 heterocycles. The van der Waals surface area contributed by atoms with E-state index in [9.17, 15) is 56.3 Å². The van der Waals surface area contributed by atoms with Crippen LogP contribution in [0.3, 0.4) is 0 Å². The molecule has 0 aromatic carbocycles. The Labute approximate surface area is 557 Å². The minimum atomic E-state index is -5.56. The van der Waals surface area contributed by atoms with Crippen LogP contribution >= 0.6 is 0 Å². The molecule has 0 saturated heterocycles. The Kier molecular flexibility index (Phi) is 37.5. The van der Waals surface area contributed by atoms with Gasteiger partial charge in [0.05, 0.1) is 13.2 Å². The number of allylic oxidation sites excluding steroid dienone is 2. The summed E-state index contributed by atoms with van der Waals surface area (Å²) in [7, 11) is 10.6. The summed E-state index contributed by atoms with van der Waals surface area (Å²) in [6.45, 7) is 28.6. The fourth-order valence-electron chi connectivity index (χ4n) is 10.8. The molecule has 94 heavy (non-hydrogen) atoms. The van der Waals surface area contributed by atoms with E-state index in [1.165, 1.54) is 77.6 Å². The highest BCUT2D eigenvalue weighted by molar-refractivity contribution is 5.99. The van der Waals surface area contributed by atoms with E-state index < -0.39 is 156 Å².